The zero-order chi connectivity index (χ0) is 13.8. The smallest absolute Gasteiger partial charge is 0.0885 e. The van der Waals surface area contributed by atoms with Crippen molar-refractivity contribution in [2.45, 2.75) is 12.0 Å². The van der Waals surface area contributed by atoms with Gasteiger partial charge in [-0.15, -0.1) is 0 Å². The minimum Gasteiger partial charge on any atom is -0.388 e. The van der Waals surface area contributed by atoms with Crippen LogP contribution in [0, 0.1) is 0 Å². The summed E-state index contributed by atoms with van der Waals surface area (Å²) in [6, 6.07) is 9.14. The standard InChI is InChI=1S/C14H14BrClN2O/c15-10-3-4-11(13(16)6-10)14(19)12(7-17)9-2-1-5-18-8-9/h1-6,8,12,14,19H,7,17H2. The first-order valence-electron chi connectivity index (χ1n) is 5.86. The molecule has 3 N–H and O–H groups in total. The number of pyridine rings is 1. The normalized spacial score (nSPS) is 14.1. The van der Waals surface area contributed by atoms with Crippen LogP contribution in [0.15, 0.2) is 47.2 Å². The molecule has 1 aromatic carbocycles. The number of halogens is 2. The summed E-state index contributed by atoms with van der Waals surface area (Å²) in [4.78, 5) is 4.06. The molecule has 0 radical (unpaired) electrons. The maximum atomic E-state index is 10.5. The lowest BCUT2D eigenvalue weighted by molar-refractivity contribution is 0.147. The zero-order valence-corrected chi connectivity index (χ0v) is 12.5. The Morgan fingerprint density at radius 2 is 2.16 bits per heavy atom. The third-order valence-corrected chi connectivity index (χ3v) is 3.85. The van der Waals surface area contributed by atoms with Crippen LogP contribution in [-0.4, -0.2) is 16.6 Å². The van der Waals surface area contributed by atoms with Gasteiger partial charge in [-0.05, 0) is 29.3 Å². The number of rotatable bonds is 4. The van der Waals surface area contributed by atoms with Crippen LogP contribution in [-0.2, 0) is 0 Å². The van der Waals surface area contributed by atoms with E-state index >= 15 is 0 Å². The van der Waals surface area contributed by atoms with E-state index in [0.29, 0.717) is 17.1 Å². The van der Waals surface area contributed by atoms with Gasteiger partial charge in [0.05, 0.1) is 6.10 Å². The lowest BCUT2D eigenvalue weighted by Crippen LogP contribution is -2.20. The molecule has 2 aromatic rings. The Hall–Kier alpha value is -0.940. The van der Waals surface area contributed by atoms with Crippen LogP contribution in [0.2, 0.25) is 5.02 Å². The minimum absolute atomic E-state index is 0.229. The van der Waals surface area contributed by atoms with Crippen LogP contribution in [0.25, 0.3) is 0 Å². The first-order chi connectivity index (χ1) is 9.13. The molecule has 1 heterocycles. The molecule has 0 aliphatic carbocycles. The number of benzene rings is 1. The van der Waals surface area contributed by atoms with Gasteiger partial charge >= 0.3 is 0 Å². The predicted molar refractivity (Wildman–Crippen MR) is 80.1 cm³/mol. The number of nitrogens with zero attached hydrogens (tertiary/aromatic N) is 1. The fourth-order valence-corrected chi connectivity index (χ4v) is 2.79. The summed E-state index contributed by atoms with van der Waals surface area (Å²) >= 11 is 9.51. The number of aliphatic hydroxyl groups is 1. The average molecular weight is 342 g/mol. The molecule has 0 aliphatic heterocycles. The molecule has 0 bridgehead atoms. The Kier molecular flexibility index (Phi) is 4.93. The molecule has 2 atom stereocenters. The van der Waals surface area contributed by atoms with Gasteiger partial charge in [0.2, 0.25) is 0 Å². The van der Waals surface area contributed by atoms with Crippen LogP contribution < -0.4 is 5.73 Å². The molecule has 2 rings (SSSR count). The van der Waals surface area contributed by atoms with Crippen LogP contribution in [0.3, 0.4) is 0 Å². The van der Waals surface area contributed by atoms with Crippen molar-refractivity contribution in [3.05, 3.63) is 63.3 Å². The summed E-state index contributed by atoms with van der Waals surface area (Å²) in [5.74, 6) is -0.229. The van der Waals surface area contributed by atoms with Crippen molar-refractivity contribution in [3.63, 3.8) is 0 Å². The summed E-state index contributed by atoms with van der Waals surface area (Å²) < 4.78 is 0.874. The molecule has 0 spiro atoms. The Labute approximate surface area is 125 Å². The summed E-state index contributed by atoms with van der Waals surface area (Å²) in [7, 11) is 0. The van der Waals surface area contributed by atoms with E-state index in [1.165, 1.54) is 0 Å². The first-order valence-corrected chi connectivity index (χ1v) is 7.03. The molecule has 2 unspecified atom stereocenters. The molecule has 19 heavy (non-hydrogen) atoms. The van der Waals surface area contributed by atoms with Gasteiger partial charge in [-0.3, -0.25) is 4.98 Å². The Balaban J connectivity index is 2.33. The van der Waals surface area contributed by atoms with Crippen LogP contribution in [0.5, 0.6) is 0 Å². The Bertz CT molecular complexity index is 550. The van der Waals surface area contributed by atoms with E-state index in [0.717, 1.165) is 10.0 Å². The van der Waals surface area contributed by atoms with E-state index in [1.807, 2.05) is 18.2 Å². The van der Waals surface area contributed by atoms with Gasteiger partial charge in [-0.2, -0.15) is 0 Å². The lowest BCUT2D eigenvalue weighted by Gasteiger charge is -2.22. The van der Waals surface area contributed by atoms with Crippen molar-refractivity contribution >= 4 is 27.5 Å². The highest BCUT2D eigenvalue weighted by Gasteiger charge is 2.23. The maximum Gasteiger partial charge on any atom is 0.0885 e. The monoisotopic (exact) mass is 340 g/mol. The number of nitrogens with two attached hydrogens (primary N) is 1. The highest BCUT2D eigenvalue weighted by molar-refractivity contribution is 9.10. The fourth-order valence-electron chi connectivity index (χ4n) is 2.00. The summed E-state index contributed by atoms with van der Waals surface area (Å²) in [6.45, 7) is 0.319. The highest BCUT2D eigenvalue weighted by atomic mass is 79.9. The summed E-state index contributed by atoms with van der Waals surface area (Å²) in [5, 5.41) is 11.0. The molecule has 0 amide bonds. The molecular formula is C14H14BrClN2O. The molecule has 5 heteroatoms. The van der Waals surface area contributed by atoms with Crippen molar-refractivity contribution in [1.82, 2.24) is 4.98 Å². The number of hydrogen-bond acceptors (Lipinski definition) is 3. The molecular weight excluding hydrogens is 328 g/mol. The minimum atomic E-state index is -0.755. The molecule has 0 aliphatic rings. The molecule has 0 fully saturated rings. The predicted octanol–water partition coefficient (Wildman–Crippen LogP) is 3.27. The topological polar surface area (TPSA) is 59.1 Å². The number of hydrogen-bond donors (Lipinski definition) is 2. The van der Waals surface area contributed by atoms with Gasteiger partial charge in [0, 0.05) is 34.4 Å². The van der Waals surface area contributed by atoms with E-state index in [1.54, 1.807) is 24.5 Å². The second-order valence-electron chi connectivity index (χ2n) is 4.24. The second kappa shape index (κ2) is 6.48. The van der Waals surface area contributed by atoms with Crippen molar-refractivity contribution in [3.8, 4) is 0 Å². The fraction of sp³-hybridized carbons (Fsp3) is 0.214. The average Bonchev–Trinajstić information content (AvgIpc) is 2.40. The van der Waals surface area contributed by atoms with Gasteiger partial charge in [0.15, 0.2) is 0 Å². The lowest BCUT2D eigenvalue weighted by atomic mass is 9.90. The van der Waals surface area contributed by atoms with E-state index < -0.39 is 6.10 Å². The SMILES string of the molecule is NCC(c1cccnc1)C(O)c1ccc(Br)cc1Cl. The third kappa shape index (κ3) is 3.34. The summed E-state index contributed by atoms with van der Waals surface area (Å²) in [5.41, 5.74) is 7.35. The van der Waals surface area contributed by atoms with Gasteiger partial charge in [-0.1, -0.05) is 39.7 Å². The second-order valence-corrected chi connectivity index (χ2v) is 5.56. The molecule has 100 valence electrons. The molecule has 1 aromatic heterocycles. The van der Waals surface area contributed by atoms with Crippen molar-refractivity contribution in [2.24, 2.45) is 5.73 Å². The quantitative estimate of drug-likeness (QED) is 0.897. The molecule has 3 nitrogen and oxygen atoms in total. The van der Waals surface area contributed by atoms with Crippen molar-refractivity contribution in [2.75, 3.05) is 6.54 Å². The summed E-state index contributed by atoms with van der Waals surface area (Å²) in [6.07, 6.45) is 2.65. The van der Waals surface area contributed by atoms with Gasteiger partial charge in [-0.25, -0.2) is 0 Å². The van der Waals surface area contributed by atoms with Crippen LogP contribution in [0.1, 0.15) is 23.1 Å². The van der Waals surface area contributed by atoms with E-state index in [-0.39, 0.29) is 5.92 Å². The van der Waals surface area contributed by atoms with Crippen LogP contribution in [0.4, 0.5) is 0 Å². The Morgan fingerprint density at radius 3 is 2.74 bits per heavy atom. The van der Waals surface area contributed by atoms with Gasteiger partial charge in [0.1, 0.15) is 0 Å². The zero-order valence-electron chi connectivity index (χ0n) is 10.1. The van der Waals surface area contributed by atoms with E-state index in [4.69, 9.17) is 17.3 Å². The third-order valence-electron chi connectivity index (χ3n) is 3.03. The number of aromatic nitrogens is 1. The maximum absolute atomic E-state index is 10.5. The molecule has 0 saturated heterocycles. The first kappa shape index (κ1) is 14.5. The highest BCUT2D eigenvalue weighted by Crippen LogP contribution is 2.34. The van der Waals surface area contributed by atoms with Crippen LogP contribution >= 0.6 is 27.5 Å². The van der Waals surface area contributed by atoms with E-state index in [9.17, 15) is 5.11 Å². The van der Waals surface area contributed by atoms with Crippen molar-refractivity contribution in [1.29, 1.82) is 0 Å². The molecule has 0 saturated carbocycles. The van der Waals surface area contributed by atoms with Gasteiger partial charge < -0.3 is 10.8 Å². The van der Waals surface area contributed by atoms with Gasteiger partial charge in [0.25, 0.3) is 0 Å². The van der Waals surface area contributed by atoms with E-state index in [2.05, 4.69) is 20.9 Å². The largest absolute Gasteiger partial charge is 0.388 e. The van der Waals surface area contributed by atoms with Crippen molar-refractivity contribution < 1.29 is 5.11 Å². The Morgan fingerprint density at radius 1 is 1.37 bits per heavy atom. The number of aliphatic hydroxyl groups excluding tert-OH is 1.